The zero-order chi connectivity index (χ0) is 44.1. The first-order valence-electron chi connectivity index (χ1n) is 17.8. The fourth-order valence-corrected chi connectivity index (χ4v) is 5.53. The Morgan fingerprint density at radius 1 is 0.705 bits per heavy atom. The van der Waals surface area contributed by atoms with Crippen molar-refractivity contribution in [1.29, 1.82) is 0 Å². The molecule has 1 amide bonds. The summed E-state index contributed by atoms with van der Waals surface area (Å²) < 4.78 is 76.9. The highest BCUT2D eigenvalue weighted by atomic mass is 79.9. The first-order chi connectivity index (χ1) is 29.3. The minimum Gasteiger partial charge on any atom is -0.493 e. The number of amides is 1. The Labute approximate surface area is 364 Å². The van der Waals surface area contributed by atoms with Gasteiger partial charge in [0.25, 0.3) is 0 Å². The second kappa shape index (κ2) is 21.0. The number of benzene rings is 4. The van der Waals surface area contributed by atoms with E-state index in [1.807, 2.05) is 44.2 Å². The van der Waals surface area contributed by atoms with E-state index in [1.165, 1.54) is 51.8 Å². The number of hydrogen-bond donors (Lipinski definition) is 4. The maximum Gasteiger partial charge on any atom is 0.471 e. The van der Waals surface area contributed by atoms with Crippen LogP contribution in [0.5, 0.6) is 52.0 Å². The van der Waals surface area contributed by atoms with Crippen LogP contribution in [0.1, 0.15) is 13.8 Å². The second-order valence-corrected chi connectivity index (χ2v) is 13.3. The van der Waals surface area contributed by atoms with Crippen LogP contribution >= 0.6 is 31.9 Å². The van der Waals surface area contributed by atoms with E-state index in [4.69, 9.17) is 38.9 Å². The van der Waals surface area contributed by atoms with Crippen molar-refractivity contribution in [3.05, 3.63) is 100 Å². The van der Waals surface area contributed by atoms with E-state index < -0.39 is 12.1 Å². The lowest BCUT2D eigenvalue weighted by atomic mass is 10.2. The molecule has 0 radical (unpaired) electrons. The molecule has 0 saturated carbocycles. The molecule has 16 nitrogen and oxygen atoms in total. The van der Waals surface area contributed by atoms with Crippen molar-refractivity contribution in [3.8, 4) is 52.0 Å². The summed E-state index contributed by atoms with van der Waals surface area (Å²) >= 11 is 6.63. The minimum absolute atomic E-state index is 0.0151. The monoisotopic (exact) mass is 972 g/mol. The van der Waals surface area contributed by atoms with Crippen LogP contribution < -0.4 is 54.8 Å². The fraction of sp³-hybridized carbons (Fsp3) is 0.175. The molecular weight excluding hydrogens is 937 g/mol. The Kier molecular flexibility index (Phi) is 15.6. The van der Waals surface area contributed by atoms with Crippen LogP contribution in [-0.4, -0.2) is 60.1 Å². The van der Waals surface area contributed by atoms with Crippen LogP contribution in [0, 0.1) is 0 Å². The summed E-state index contributed by atoms with van der Waals surface area (Å²) in [6.45, 7) is 4.23. The number of nitrogen functional groups attached to an aromatic ring is 1. The molecule has 3 heterocycles. The molecule has 0 fully saturated rings. The molecule has 5 N–H and O–H groups in total. The highest BCUT2D eigenvalue weighted by Crippen LogP contribution is 2.41. The van der Waals surface area contributed by atoms with Gasteiger partial charge in [-0.3, -0.25) is 4.79 Å². The number of nitrogens with one attached hydrogen (secondary N) is 3. The second-order valence-electron chi connectivity index (χ2n) is 11.6. The largest absolute Gasteiger partial charge is 0.493 e. The van der Waals surface area contributed by atoms with Gasteiger partial charge in [-0.05, 0) is 68.3 Å². The number of aromatic nitrogens is 4. The van der Waals surface area contributed by atoms with Gasteiger partial charge in [-0.1, -0.05) is 38.1 Å². The van der Waals surface area contributed by atoms with Crippen LogP contribution in [0.15, 0.2) is 100 Å². The number of methoxy groups -OCH3 is 3. The maximum absolute atomic E-state index is 12.7. The van der Waals surface area contributed by atoms with Crippen molar-refractivity contribution in [3.63, 3.8) is 0 Å². The minimum atomic E-state index is -5.06. The molecule has 7 rings (SSSR count). The molecule has 4 aromatic carbocycles. The van der Waals surface area contributed by atoms with E-state index in [0.29, 0.717) is 66.6 Å². The van der Waals surface area contributed by atoms with Gasteiger partial charge in [0, 0.05) is 29.6 Å². The van der Waals surface area contributed by atoms with E-state index in [9.17, 15) is 18.0 Å². The molecule has 0 aliphatic carbocycles. The van der Waals surface area contributed by atoms with Crippen LogP contribution in [0.3, 0.4) is 0 Å². The number of alkyl halides is 3. The van der Waals surface area contributed by atoms with E-state index >= 15 is 0 Å². The zero-order valence-electron chi connectivity index (χ0n) is 32.9. The van der Waals surface area contributed by atoms with Crippen LogP contribution in [0.2, 0.25) is 0 Å². The topological polar surface area (TPSA) is 195 Å². The third-order valence-corrected chi connectivity index (χ3v) is 8.79. The van der Waals surface area contributed by atoms with Crippen LogP contribution in [0.25, 0.3) is 0 Å². The first-order valence-corrected chi connectivity index (χ1v) is 19.4. The van der Waals surface area contributed by atoms with Crippen molar-refractivity contribution >= 4 is 72.4 Å². The quantitative estimate of drug-likeness (QED) is 0.0845. The average Bonchev–Trinajstić information content (AvgIpc) is 3.73. The van der Waals surface area contributed by atoms with Crippen molar-refractivity contribution in [2.45, 2.75) is 20.0 Å². The number of carbonyl (C=O) groups excluding carboxylic acids is 1. The van der Waals surface area contributed by atoms with Gasteiger partial charge in [0.05, 0.1) is 54.0 Å². The summed E-state index contributed by atoms with van der Waals surface area (Å²) in [5.41, 5.74) is 7.52. The third-order valence-electron chi connectivity index (χ3n) is 7.70. The molecule has 320 valence electrons. The fourth-order valence-electron chi connectivity index (χ4n) is 4.99. The van der Waals surface area contributed by atoms with Gasteiger partial charge in [0.15, 0.2) is 34.5 Å². The summed E-state index contributed by atoms with van der Waals surface area (Å²) in [6, 6.07) is 21.6. The SMILES string of the molecule is CC.COc1cc(Nc2ncc(Br)c(Oc3ccccc3NC(=O)C(F)(F)F)n2)cc(OC)c1OC.Nc1ccccc1Oc1nc(Nc2ccc3c(c2)OCO3)ncc1Br. The van der Waals surface area contributed by atoms with Crippen molar-refractivity contribution in [2.24, 2.45) is 0 Å². The van der Waals surface area contributed by atoms with Gasteiger partial charge in [-0.25, -0.2) is 9.97 Å². The smallest absolute Gasteiger partial charge is 0.471 e. The predicted molar refractivity (Wildman–Crippen MR) is 228 cm³/mol. The van der Waals surface area contributed by atoms with Crippen LogP contribution in [0.4, 0.5) is 47.8 Å². The number of anilines is 6. The molecule has 0 spiro atoms. The number of fused-ring (bicyclic) bond motifs is 1. The molecule has 0 atom stereocenters. The van der Waals surface area contributed by atoms with E-state index in [1.54, 1.807) is 35.8 Å². The van der Waals surface area contributed by atoms with Gasteiger partial charge in [0.2, 0.25) is 36.2 Å². The molecule has 2 aromatic heterocycles. The number of hydrogen-bond acceptors (Lipinski definition) is 15. The first kappa shape index (κ1) is 45.3. The third kappa shape index (κ3) is 11.9. The van der Waals surface area contributed by atoms with Gasteiger partial charge < -0.3 is 54.8 Å². The predicted octanol–water partition coefficient (Wildman–Crippen LogP) is 10.4. The Morgan fingerprint density at radius 3 is 1.82 bits per heavy atom. The summed E-state index contributed by atoms with van der Waals surface area (Å²) in [7, 11) is 4.42. The van der Waals surface area contributed by atoms with Crippen LogP contribution in [-0.2, 0) is 4.79 Å². The molecule has 1 aliphatic heterocycles. The lowest BCUT2D eigenvalue weighted by Gasteiger charge is -2.15. The standard InChI is InChI=1S/C21H18BrF3N4O5.C17H13BrN4O3.C2H6/c1-31-15-8-11(9-16(32-2)17(15)33-3)27-20-26-10-12(22)18(29-20)34-14-7-5-4-6-13(14)28-19(30)21(23,24)25;18-11-8-20-17(21-10-5-6-14-15(7-10)24-9-23-14)22-16(11)25-13-4-2-1-3-12(13)19;1-2/h4-10H,1-3H3,(H,28,30)(H,26,27,29);1-8H,9,19H2,(H,20,21,22);1-2H3. The van der Waals surface area contributed by atoms with Gasteiger partial charge in [-0.2, -0.15) is 23.1 Å². The van der Waals surface area contributed by atoms with E-state index in [-0.39, 0.29) is 30.1 Å². The lowest BCUT2D eigenvalue weighted by Crippen LogP contribution is -2.30. The molecule has 6 aromatic rings. The number of ether oxygens (including phenoxy) is 7. The maximum atomic E-state index is 12.7. The Bertz CT molecular complexity index is 2440. The number of halogens is 5. The zero-order valence-corrected chi connectivity index (χ0v) is 36.1. The molecular formula is C40H37Br2F3N8O8. The van der Waals surface area contributed by atoms with Gasteiger partial charge in [-0.15, -0.1) is 0 Å². The highest BCUT2D eigenvalue weighted by Gasteiger charge is 2.39. The molecule has 61 heavy (non-hydrogen) atoms. The molecule has 1 aliphatic rings. The summed E-state index contributed by atoms with van der Waals surface area (Å²) in [4.78, 5) is 28.4. The molecule has 0 saturated heterocycles. The Morgan fingerprint density at radius 2 is 1.25 bits per heavy atom. The summed E-state index contributed by atoms with van der Waals surface area (Å²) in [6.07, 6.45) is -2.06. The lowest BCUT2D eigenvalue weighted by molar-refractivity contribution is -0.167. The Hall–Kier alpha value is -6.74. The molecule has 21 heteroatoms. The average molecular weight is 975 g/mol. The van der Waals surface area contributed by atoms with E-state index in [2.05, 4.69) is 62.4 Å². The normalized spacial score (nSPS) is 11.1. The summed E-state index contributed by atoms with van der Waals surface area (Å²) in [5.74, 6) is 1.74. The van der Waals surface area contributed by atoms with E-state index in [0.717, 1.165) is 5.69 Å². The molecule has 0 unspecified atom stereocenters. The van der Waals surface area contributed by atoms with Crippen molar-refractivity contribution in [2.75, 3.05) is 49.8 Å². The Balaban J connectivity index is 0.000000231. The van der Waals surface area contributed by atoms with Crippen molar-refractivity contribution < 1.29 is 51.1 Å². The number of rotatable bonds is 12. The number of para-hydroxylation sites is 4. The highest BCUT2D eigenvalue weighted by molar-refractivity contribution is 9.10. The molecule has 0 bridgehead atoms. The van der Waals surface area contributed by atoms with Gasteiger partial charge >= 0.3 is 12.1 Å². The number of nitrogens with zero attached hydrogens (tertiary/aromatic N) is 4. The van der Waals surface area contributed by atoms with Crippen molar-refractivity contribution in [1.82, 2.24) is 19.9 Å². The number of carbonyl (C=O) groups is 1. The van der Waals surface area contributed by atoms with Gasteiger partial charge in [0.1, 0.15) is 0 Å². The number of nitrogens with two attached hydrogens (primary N) is 1. The summed E-state index contributed by atoms with van der Waals surface area (Å²) in [5, 5.41) is 7.86.